The molecular weight excluding hydrogens is 168 g/mol. The second-order valence-corrected chi connectivity index (χ2v) is 4.80. The molecule has 0 spiro atoms. The Labute approximate surface area is 77.0 Å². The van der Waals surface area contributed by atoms with Gasteiger partial charge in [0.1, 0.15) is 0 Å². The van der Waals surface area contributed by atoms with Crippen LogP contribution in [0, 0.1) is 6.92 Å². The van der Waals surface area contributed by atoms with Crippen LogP contribution >= 0.6 is 11.5 Å². The number of nitrogens with two attached hydrogens (primary N) is 1. The third kappa shape index (κ3) is 1.84. The summed E-state index contributed by atoms with van der Waals surface area (Å²) in [4.78, 5) is 1.30. The van der Waals surface area contributed by atoms with Crippen LogP contribution < -0.4 is 5.73 Å². The van der Waals surface area contributed by atoms with Crippen LogP contribution in [0.15, 0.2) is 6.07 Å². The molecule has 0 atom stereocenters. The van der Waals surface area contributed by atoms with Gasteiger partial charge in [-0.1, -0.05) is 0 Å². The van der Waals surface area contributed by atoms with Crippen molar-refractivity contribution in [2.45, 2.75) is 38.1 Å². The maximum atomic E-state index is 5.98. The number of hydrogen-bond donors (Lipinski definition) is 1. The lowest BCUT2D eigenvalue weighted by Crippen LogP contribution is -2.22. The SMILES string of the molecule is Cc1cc(CCC2(N)CC2)ns1. The van der Waals surface area contributed by atoms with E-state index in [4.69, 9.17) is 5.73 Å². The topological polar surface area (TPSA) is 38.9 Å². The molecule has 1 aromatic rings. The van der Waals surface area contributed by atoms with Gasteiger partial charge in [-0.2, -0.15) is 4.37 Å². The molecule has 0 amide bonds. The van der Waals surface area contributed by atoms with Crippen molar-refractivity contribution in [3.63, 3.8) is 0 Å². The fourth-order valence-corrected chi connectivity index (χ4v) is 1.92. The Balaban J connectivity index is 1.87. The van der Waals surface area contributed by atoms with Crippen molar-refractivity contribution in [2.24, 2.45) is 5.73 Å². The number of aromatic nitrogens is 1. The Hall–Kier alpha value is -0.410. The zero-order chi connectivity index (χ0) is 8.60. The number of aryl methyl sites for hydroxylation is 2. The van der Waals surface area contributed by atoms with E-state index in [2.05, 4.69) is 17.4 Å². The summed E-state index contributed by atoms with van der Waals surface area (Å²) in [6.45, 7) is 2.09. The Morgan fingerprint density at radius 2 is 2.42 bits per heavy atom. The molecular formula is C9H14N2S. The normalized spacial score (nSPS) is 19.5. The highest BCUT2D eigenvalue weighted by Gasteiger charge is 2.37. The van der Waals surface area contributed by atoms with E-state index in [0.29, 0.717) is 0 Å². The van der Waals surface area contributed by atoms with Crippen molar-refractivity contribution in [3.8, 4) is 0 Å². The van der Waals surface area contributed by atoms with Gasteiger partial charge in [-0.3, -0.25) is 0 Å². The van der Waals surface area contributed by atoms with Gasteiger partial charge in [0, 0.05) is 10.4 Å². The van der Waals surface area contributed by atoms with Crippen molar-refractivity contribution < 1.29 is 0 Å². The predicted octanol–water partition coefficient (Wildman–Crippen LogP) is 1.88. The highest BCUT2D eigenvalue weighted by Crippen LogP contribution is 2.36. The summed E-state index contributed by atoms with van der Waals surface area (Å²) in [6, 6.07) is 2.16. The zero-order valence-electron chi connectivity index (χ0n) is 7.34. The van der Waals surface area contributed by atoms with E-state index >= 15 is 0 Å². The molecule has 0 aliphatic heterocycles. The fraction of sp³-hybridized carbons (Fsp3) is 0.667. The van der Waals surface area contributed by atoms with Crippen molar-refractivity contribution in [3.05, 3.63) is 16.6 Å². The van der Waals surface area contributed by atoms with E-state index in [-0.39, 0.29) is 5.54 Å². The summed E-state index contributed by atoms with van der Waals surface area (Å²) in [6.07, 6.45) is 4.57. The molecule has 1 heterocycles. The lowest BCUT2D eigenvalue weighted by molar-refractivity contribution is 0.605. The first-order chi connectivity index (χ1) is 5.68. The molecule has 12 heavy (non-hydrogen) atoms. The summed E-state index contributed by atoms with van der Waals surface area (Å²) in [5.74, 6) is 0. The van der Waals surface area contributed by atoms with Crippen LogP contribution in [0.25, 0.3) is 0 Å². The van der Waals surface area contributed by atoms with Gasteiger partial charge >= 0.3 is 0 Å². The molecule has 2 nitrogen and oxygen atoms in total. The molecule has 2 N–H and O–H groups in total. The lowest BCUT2D eigenvalue weighted by atomic mass is 10.1. The standard InChI is InChI=1S/C9H14N2S/c1-7-6-8(11-12-7)2-3-9(10)4-5-9/h6H,2-5,10H2,1H3. The number of nitrogens with zero attached hydrogens (tertiary/aromatic N) is 1. The minimum absolute atomic E-state index is 0.178. The minimum Gasteiger partial charge on any atom is -0.325 e. The van der Waals surface area contributed by atoms with Gasteiger partial charge < -0.3 is 5.73 Å². The van der Waals surface area contributed by atoms with E-state index in [1.54, 1.807) is 11.5 Å². The zero-order valence-corrected chi connectivity index (χ0v) is 8.16. The van der Waals surface area contributed by atoms with Crippen LogP contribution in [0.4, 0.5) is 0 Å². The second kappa shape index (κ2) is 2.82. The molecule has 1 saturated carbocycles. The maximum absolute atomic E-state index is 5.98. The molecule has 1 aliphatic rings. The van der Waals surface area contributed by atoms with Crippen molar-refractivity contribution >= 4 is 11.5 Å². The molecule has 0 aromatic carbocycles. The summed E-state index contributed by atoms with van der Waals surface area (Å²) in [5, 5.41) is 0. The average Bonchev–Trinajstić information content (AvgIpc) is 2.60. The minimum atomic E-state index is 0.178. The van der Waals surface area contributed by atoms with Crippen LogP contribution in [0.2, 0.25) is 0 Å². The number of hydrogen-bond acceptors (Lipinski definition) is 3. The van der Waals surface area contributed by atoms with E-state index < -0.39 is 0 Å². The van der Waals surface area contributed by atoms with E-state index in [0.717, 1.165) is 12.8 Å². The highest BCUT2D eigenvalue weighted by atomic mass is 32.1. The van der Waals surface area contributed by atoms with E-state index in [1.165, 1.54) is 23.4 Å². The summed E-state index contributed by atoms with van der Waals surface area (Å²) < 4.78 is 4.33. The summed E-state index contributed by atoms with van der Waals surface area (Å²) >= 11 is 1.58. The number of rotatable bonds is 3. The maximum Gasteiger partial charge on any atom is 0.0545 e. The van der Waals surface area contributed by atoms with Crippen LogP contribution in [0.3, 0.4) is 0 Å². The fourth-order valence-electron chi connectivity index (χ4n) is 1.32. The molecule has 1 fully saturated rings. The van der Waals surface area contributed by atoms with Crippen LogP contribution in [-0.4, -0.2) is 9.91 Å². The van der Waals surface area contributed by atoms with Crippen LogP contribution in [0.1, 0.15) is 29.8 Å². The third-order valence-corrected chi connectivity index (χ3v) is 3.18. The molecule has 0 saturated heterocycles. The molecule has 3 heteroatoms. The van der Waals surface area contributed by atoms with Crippen molar-refractivity contribution in [2.75, 3.05) is 0 Å². The summed E-state index contributed by atoms with van der Waals surface area (Å²) in [5.41, 5.74) is 7.37. The molecule has 0 unspecified atom stereocenters. The molecule has 1 aromatic heterocycles. The Bertz CT molecular complexity index is 276. The van der Waals surface area contributed by atoms with Crippen LogP contribution in [0.5, 0.6) is 0 Å². The van der Waals surface area contributed by atoms with Gasteiger partial charge in [-0.05, 0) is 50.2 Å². The van der Waals surface area contributed by atoms with E-state index in [1.807, 2.05) is 0 Å². The molecule has 2 rings (SSSR count). The summed E-state index contributed by atoms with van der Waals surface area (Å²) in [7, 11) is 0. The first kappa shape index (κ1) is 8.20. The highest BCUT2D eigenvalue weighted by molar-refractivity contribution is 7.05. The Morgan fingerprint density at radius 3 is 2.92 bits per heavy atom. The second-order valence-electron chi connectivity index (χ2n) is 3.79. The quantitative estimate of drug-likeness (QED) is 0.775. The van der Waals surface area contributed by atoms with Gasteiger partial charge in [0.2, 0.25) is 0 Å². The van der Waals surface area contributed by atoms with Gasteiger partial charge in [0.25, 0.3) is 0 Å². The lowest BCUT2D eigenvalue weighted by Gasteiger charge is -2.04. The van der Waals surface area contributed by atoms with Gasteiger partial charge in [0.15, 0.2) is 0 Å². The first-order valence-electron chi connectivity index (χ1n) is 4.39. The first-order valence-corrected chi connectivity index (χ1v) is 5.16. The Kier molecular flexibility index (Phi) is 1.93. The monoisotopic (exact) mass is 182 g/mol. The van der Waals surface area contributed by atoms with E-state index in [9.17, 15) is 0 Å². The van der Waals surface area contributed by atoms with Gasteiger partial charge in [-0.25, -0.2) is 0 Å². The Morgan fingerprint density at radius 1 is 1.67 bits per heavy atom. The van der Waals surface area contributed by atoms with Crippen molar-refractivity contribution in [1.82, 2.24) is 4.37 Å². The van der Waals surface area contributed by atoms with Crippen LogP contribution in [-0.2, 0) is 6.42 Å². The predicted molar refractivity (Wildman–Crippen MR) is 51.3 cm³/mol. The molecule has 0 bridgehead atoms. The van der Waals surface area contributed by atoms with Crippen molar-refractivity contribution in [1.29, 1.82) is 0 Å². The smallest absolute Gasteiger partial charge is 0.0545 e. The van der Waals surface area contributed by atoms with Gasteiger partial charge in [-0.15, -0.1) is 0 Å². The van der Waals surface area contributed by atoms with Gasteiger partial charge in [0.05, 0.1) is 5.69 Å². The molecule has 0 radical (unpaired) electrons. The largest absolute Gasteiger partial charge is 0.325 e. The molecule has 66 valence electrons. The average molecular weight is 182 g/mol. The third-order valence-electron chi connectivity index (χ3n) is 2.45. The molecule has 1 aliphatic carbocycles.